The molecule has 0 unspecified atom stereocenters. The predicted molar refractivity (Wildman–Crippen MR) is 111 cm³/mol. The SMILES string of the molecule is Cl.N[C@@H](Cc1c[nH]c2ccccc12)C(=O)OCc1cccc2ccccc12. The normalized spacial score (nSPS) is 11.9. The number of fused-ring (bicyclic) bond motifs is 2. The number of para-hydroxylation sites is 1. The second kappa shape index (κ2) is 8.25. The van der Waals surface area contributed by atoms with E-state index in [2.05, 4.69) is 4.98 Å². The van der Waals surface area contributed by atoms with E-state index < -0.39 is 6.04 Å². The minimum absolute atomic E-state index is 0. The molecule has 0 bridgehead atoms. The second-order valence-corrected chi connectivity index (χ2v) is 6.42. The number of aromatic amines is 1. The Morgan fingerprint density at radius 1 is 0.926 bits per heavy atom. The number of nitrogens with one attached hydrogen (secondary N) is 1. The van der Waals surface area contributed by atoms with Gasteiger partial charge >= 0.3 is 5.97 Å². The highest BCUT2D eigenvalue weighted by atomic mass is 35.5. The Balaban J connectivity index is 0.00000210. The molecule has 5 heteroatoms. The molecule has 0 saturated heterocycles. The van der Waals surface area contributed by atoms with Crippen LogP contribution in [0.25, 0.3) is 21.7 Å². The van der Waals surface area contributed by atoms with Crippen LogP contribution in [0.1, 0.15) is 11.1 Å². The molecule has 0 fully saturated rings. The highest BCUT2D eigenvalue weighted by Crippen LogP contribution is 2.21. The standard InChI is InChI=1S/C22H20N2O2.ClH/c23-20(12-17-13-24-21-11-4-3-10-19(17)21)22(25)26-14-16-8-5-7-15-6-1-2-9-18(15)16;/h1-11,13,20,24H,12,14,23H2;1H/t20-;/m0./s1. The smallest absolute Gasteiger partial charge is 0.323 e. The third-order valence-corrected chi connectivity index (χ3v) is 4.67. The van der Waals surface area contributed by atoms with Crippen LogP contribution in [0.3, 0.4) is 0 Å². The van der Waals surface area contributed by atoms with E-state index in [-0.39, 0.29) is 25.0 Å². The van der Waals surface area contributed by atoms with Crippen LogP contribution in [0.5, 0.6) is 0 Å². The molecule has 4 aromatic rings. The predicted octanol–water partition coefficient (Wildman–Crippen LogP) is 4.36. The Bertz CT molecular complexity index is 1070. The van der Waals surface area contributed by atoms with Gasteiger partial charge in [0.1, 0.15) is 12.6 Å². The van der Waals surface area contributed by atoms with Gasteiger partial charge in [0.15, 0.2) is 0 Å². The van der Waals surface area contributed by atoms with Crippen LogP contribution in [0.4, 0.5) is 0 Å². The van der Waals surface area contributed by atoms with Crippen molar-refractivity contribution in [2.75, 3.05) is 0 Å². The van der Waals surface area contributed by atoms with E-state index in [1.807, 2.05) is 72.9 Å². The average Bonchev–Trinajstić information content (AvgIpc) is 3.09. The molecule has 138 valence electrons. The van der Waals surface area contributed by atoms with Gasteiger partial charge in [0.05, 0.1) is 0 Å². The molecule has 0 spiro atoms. The van der Waals surface area contributed by atoms with Crippen LogP contribution in [0, 0.1) is 0 Å². The molecule has 27 heavy (non-hydrogen) atoms. The molecular formula is C22H21ClN2O2. The Labute approximate surface area is 163 Å². The molecule has 4 nitrogen and oxygen atoms in total. The Hall–Kier alpha value is -2.82. The van der Waals surface area contributed by atoms with Gasteiger partial charge in [-0.15, -0.1) is 12.4 Å². The van der Waals surface area contributed by atoms with Gasteiger partial charge in [-0.05, 0) is 28.0 Å². The van der Waals surface area contributed by atoms with Crippen molar-refractivity contribution >= 4 is 40.1 Å². The number of hydrogen-bond acceptors (Lipinski definition) is 3. The van der Waals surface area contributed by atoms with Gasteiger partial charge in [0.2, 0.25) is 0 Å². The minimum Gasteiger partial charge on any atom is -0.460 e. The molecule has 4 rings (SSSR count). The summed E-state index contributed by atoms with van der Waals surface area (Å²) in [6.45, 7) is 0.224. The summed E-state index contributed by atoms with van der Waals surface area (Å²) in [5.74, 6) is -0.386. The molecule has 0 aliphatic rings. The molecule has 3 aromatic carbocycles. The van der Waals surface area contributed by atoms with Crippen LogP contribution >= 0.6 is 12.4 Å². The molecule has 0 saturated carbocycles. The number of halogens is 1. The molecule has 3 N–H and O–H groups in total. The van der Waals surface area contributed by atoms with Gasteiger partial charge in [-0.1, -0.05) is 60.7 Å². The monoisotopic (exact) mass is 380 g/mol. The number of esters is 1. The zero-order valence-electron chi connectivity index (χ0n) is 14.7. The summed E-state index contributed by atoms with van der Waals surface area (Å²) >= 11 is 0. The summed E-state index contributed by atoms with van der Waals surface area (Å²) in [5, 5.41) is 3.31. The summed E-state index contributed by atoms with van der Waals surface area (Å²) in [7, 11) is 0. The maximum Gasteiger partial charge on any atom is 0.323 e. The van der Waals surface area contributed by atoms with Gasteiger partial charge in [-0.2, -0.15) is 0 Å². The number of benzene rings is 3. The first-order valence-electron chi connectivity index (χ1n) is 8.66. The maximum atomic E-state index is 12.4. The number of rotatable bonds is 5. The van der Waals surface area contributed by atoms with E-state index in [9.17, 15) is 4.79 Å². The number of aromatic nitrogens is 1. The third-order valence-electron chi connectivity index (χ3n) is 4.67. The summed E-state index contributed by atoms with van der Waals surface area (Å²) < 4.78 is 5.48. The number of ether oxygens (including phenoxy) is 1. The van der Waals surface area contributed by atoms with Gasteiger partial charge in [0.25, 0.3) is 0 Å². The van der Waals surface area contributed by atoms with Crippen molar-refractivity contribution in [3.63, 3.8) is 0 Å². The van der Waals surface area contributed by atoms with Gasteiger partial charge in [-0.3, -0.25) is 4.79 Å². The van der Waals surface area contributed by atoms with E-state index in [1.165, 1.54) is 0 Å². The second-order valence-electron chi connectivity index (χ2n) is 6.42. The fraction of sp³-hybridized carbons (Fsp3) is 0.136. The zero-order chi connectivity index (χ0) is 17.9. The first-order chi connectivity index (χ1) is 12.7. The maximum absolute atomic E-state index is 12.4. The van der Waals surface area contributed by atoms with E-state index in [1.54, 1.807) is 0 Å². The lowest BCUT2D eigenvalue weighted by Gasteiger charge is -2.12. The average molecular weight is 381 g/mol. The third kappa shape index (κ3) is 3.97. The molecule has 1 heterocycles. The fourth-order valence-electron chi connectivity index (χ4n) is 3.30. The largest absolute Gasteiger partial charge is 0.460 e. The summed E-state index contributed by atoms with van der Waals surface area (Å²) in [4.78, 5) is 15.6. The highest BCUT2D eigenvalue weighted by Gasteiger charge is 2.18. The van der Waals surface area contributed by atoms with E-state index in [0.29, 0.717) is 6.42 Å². The van der Waals surface area contributed by atoms with Crippen molar-refractivity contribution in [3.8, 4) is 0 Å². The van der Waals surface area contributed by atoms with Gasteiger partial charge in [-0.25, -0.2) is 0 Å². The number of nitrogens with two attached hydrogens (primary N) is 1. The van der Waals surface area contributed by atoms with Crippen LogP contribution in [0.2, 0.25) is 0 Å². The molecule has 0 amide bonds. The molecule has 1 aromatic heterocycles. The summed E-state index contributed by atoms with van der Waals surface area (Å²) in [6.07, 6.45) is 2.35. The van der Waals surface area contributed by atoms with E-state index in [4.69, 9.17) is 10.5 Å². The van der Waals surface area contributed by atoms with Crippen molar-refractivity contribution in [2.45, 2.75) is 19.1 Å². The number of carbonyl (C=O) groups is 1. The van der Waals surface area contributed by atoms with Crippen LogP contribution in [0.15, 0.2) is 72.9 Å². The van der Waals surface area contributed by atoms with Crippen molar-refractivity contribution in [1.29, 1.82) is 0 Å². The van der Waals surface area contributed by atoms with Crippen molar-refractivity contribution in [2.24, 2.45) is 5.73 Å². The lowest BCUT2D eigenvalue weighted by Crippen LogP contribution is -2.34. The van der Waals surface area contributed by atoms with Gasteiger partial charge in [0, 0.05) is 23.5 Å². The van der Waals surface area contributed by atoms with Crippen LogP contribution < -0.4 is 5.73 Å². The van der Waals surface area contributed by atoms with Crippen LogP contribution in [-0.4, -0.2) is 17.0 Å². The summed E-state index contributed by atoms with van der Waals surface area (Å²) in [6, 6.07) is 21.3. The number of carbonyl (C=O) groups excluding carboxylic acids is 1. The highest BCUT2D eigenvalue weighted by molar-refractivity contribution is 5.86. The van der Waals surface area contributed by atoms with Crippen LogP contribution in [-0.2, 0) is 22.6 Å². The minimum atomic E-state index is -0.691. The van der Waals surface area contributed by atoms with Gasteiger partial charge < -0.3 is 15.5 Å². The van der Waals surface area contributed by atoms with E-state index in [0.717, 1.165) is 32.8 Å². The lowest BCUT2D eigenvalue weighted by atomic mass is 10.0. The summed E-state index contributed by atoms with van der Waals surface area (Å²) in [5.41, 5.74) is 9.13. The zero-order valence-corrected chi connectivity index (χ0v) is 15.5. The Kier molecular flexibility index (Phi) is 5.79. The lowest BCUT2D eigenvalue weighted by molar-refractivity contribution is -0.146. The molecule has 0 radical (unpaired) electrons. The topological polar surface area (TPSA) is 68.1 Å². The molecule has 0 aliphatic heterocycles. The van der Waals surface area contributed by atoms with Crippen molar-refractivity contribution in [3.05, 3.63) is 84.1 Å². The fourth-order valence-corrected chi connectivity index (χ4v) is 3.30. The number of hydrogen-bond donors (Lipinski definition) is 2. The van der Waals surface area contributed by atoms with Crippen molar-refractivity contribution < 1.29 is 9.53 Å². The molecule has 0 aliphatic carbocycles. The first-order valence-corrected chi connectivity index (χ1v) is 8.66. The molecular weight excluding hydrogens is 360 g/mol. The van der Waals surface area contributed by atoms with Crippen molar-refractivity contribution in [1.82, 2.24) is 4.98 Å². The molecule has 1 atom stereocenters. The Morgan fingerprint density at radius 3 is 2.48 bits per heavy atom. The van der Waals surface area contributed by atoms with E-state index >= 15 is 0 Å². The Morgan fingerprint density at radius 2 is 1.63 bits per heavy atom. The quantitative estimate of drug-likeness (QED) is 0.505. The number of H-pyrrole nitrogens is 1. The first kappa shape index (κ1) is 19.0.